The molecule has 1 aromatic carbocycles. The first-order valence-electron chi connectivity index (χ1n) is 9.49. The molecule has 0 fully saturated rings. The number of methoxy groups -OCH3 is 1. The molecule has 0 spiro atoms. The highest BCUT2D eigenvalue weighted by Gasteiger charge is 2.16. The molecule has 1 N–H and O–H groups in total. The largest absolute Gasteiger partial charge is 0.494 e. The molecule has 7 nitrogen and oxygen atoms in total. The Hall–Kier alpha value is -3.85. The molecule has 0 aliphatic heterocycles. The van der Waals surface area contributed by atoms with E-state index in [1.54, 1.807) is 34.7 Å². The van der Waals surface area contributed by atoms with Crippen LogP contribution < -0.4 is 4.74 Å². The van der Waals surface area contributed by atoms with Crippen LogP contribution in [0.25, 0.3) is 27.8 Å². The molecule has 156 valence electrons. The predicted molar refractivity (Wildman–Crippen MR) is 110 cm³/mol. The zero-order valence-corrected chi connectivity index (χ0v) is 16.5. The van der Waals surface area contributed by atoms with Gasteiger partial charge in [-0.3, -0.25) is 0 Å². The van der Waals surface area contributed by atoms with Crippen molar-refractivity contribution in [3.63, 3.8) is 0 Å². The van der Waals surface area contributed by atoms with Crippen LogP contribution in [-0.2, 0) is 13.2 Å². The molecule has 0 aliphatic rings. The monoisotopic (exact) mass is 421 g/mol. The van der Waals surface area contributed by atoms with Gasteiger partial charge in [0.15, 0.2) is 5.65 Å². The molecule has 4 heterocycles. The van der Waals surface area contributed by atoms with E-state index in [1.165, 1.54) is 12.1 Å². The molecular weight excluding hydrogens is 404 g/mol. The Bertz CT molecular complexity index is 1410. The molecule has 5 rings (SSSR count). The Morgan fingerprint density at radius 2 is 1.90 bits per heavy atom. The highest BCUT2D eigenvalue weighted by atomic mass is 19.1. The van der Waals surface area contributed by atoms with Crippen LogP contribution in [0.1, 0.15) is 11.4 Å². The van der Waals surface area contributed by atoms with Gasteiger partial charge in [-0.15, -0.1) is 0 Å². The molecule has 0 atom stereocenters. The summed E-state index contributed by atoms with van der Waals surface area (Å²) in [4.78, 5) is 8.81. The van der Waals surface area contributed by atoms with Gasteiger partial charge in [-0.25, -0.2) is 23.3 Å². The number of aromatic nitrogens is 5. The van der Waals surface area contributed by atoms with Crippen molar-refractivity contribution in [1.82, 2.24) is 24.1 Å². The number of benzene rings is 1. The van der Waals surface area contributed by atoms with Crippen LogP contribution in [0.3, 0.4) is 0 Å². The maximum atomic E-state index is 13.7. The highest BCUT2D eigenvalue weighted by Crippen LogP contribution is 2.32. The van der Waals surface area contributed by atoms with E-state index in [0.29, 0.717) is 28.3 Å². The minimum atomic E-state index is -0.663. The standard InChI is InChI=1S/C22H17F2N5O2/c1-31-19-2-4-26-29-5-3-17(21(19)29)14-8-18-22(25-10-14)27-20(12-30)28(18)11-13-6-15(23)9-16(24)7-13/h2-10,30H,11-12H2,1H3. The number of halogens is 2. The van der Waals surface area contributed by atoms with Crippen LogP contribution in [-0.4, -0.2) is 36.4 Å². The van der Waals surface area contributed by atoms with Crippen molar-refractivity contribution in [3.05, 3.63) is 78.0 Å². The van der Waals surface area contributed by atoms with E-state index in [9.17, 15) is 13.9 Å². The van der Waals surface area contributed by atoms with E-state index in [-0.39, 0.29) is 13.2 Å². The first kappa shape index (κ1) is 19.1. The van der Waals surface area contributed by atoms with Gasteiger partial charge in [-0.1, -0.05) is 0 Å². The molecule has 0 amide bonds. The van der Waals surface area contributed by atoms with E-state index in [0.717, 1.165) is 22.7 Å². The quantitative estimate of drug-likeness (QED) is 0.470. The van der Waals surface area contributed by atoms with Crippen molar-refractivity contribution in [2.75, 3.05) is 7.11 Å². The van der Waals surface area contributed by atoms with Crippen LogP contribution in [0.15, 0.2) is 55.0 Å². The number of fused-ring (bicyclic) bond motifs is 2. The third kappa shape index (κ3) is 3.28. The van der Waals surface area contributed by atoms with Gasteiger partial charge in [0.25, 0.3) is 0 Å². The third-order valence-electron chi connectivity index (χ3n) is 5.14. The average molecular weight is 421 g/mol. The molecule has 0 unspecified atom stereocenters. The first-order chi connectivity index (χ1) is 15.1. The number of hydrogen-bond acceptors (Lipinski definition) is 5. The van der Waals surface area contributed by atoms with Crippen molar-refractivity contribution < 1.29 is 18.6 Å². The molecule has 0 radical (unpaired) electrons. The van der Waals surface area contributed by atoms with Crippen LogP contribution in [0.5, 0.6) is 5.75 Å². The fraction of sp³-hybridized carbons (Fsp3) is 0.136. The summed E-state index contributed by atoms with van der Waals surface area (Å²) >= 11 is 0. The SMILES string of the molecule is COc1ccnn2ccc(-c3cnc4nc(CO)n(Cc5cc(F)cc(F)c5)c4c3)c12. The number of ether oxygens (including phenoxy) is 1. The second-order valence-corrected chi connectivity index (χ2v) is 7.04. The molecule has 5 aromatic rings. The van der Waals surface area contributed by atoms with Gasteiger partial charge in [0.05, 0.1) is 18.8 Å². The van der Waals surface area contributed by atoms with E-state index in [1.807, 2.05) is 18.3 Å². The van der Waals surface area contributed by atoms with E-state index in [4.69, 9.17) is 4.74 Å². The fourth-order valence-corrected chi connectivity index (χ4v) is 3.79. The average Bonchev–Trinajstić information content (AvgIpc) is 3.34. The maximum absolute atomic E-state index is 13.7. The van der Waals surface area contributed by atoms with Gasteiger partial charge in [-0.05, 0) is 29.8 Å². The fourth-order valence-electron chi connectivity index (χ4n) is 3.79. The minimum Gasteiger partial charge on any atom is -0.494 e. The normalized spacial score (nSPS) is 11.5. The Labute approximate surface area is 175 Å². The maximum Gasteiger partial charge on any atom is 0.178 e. The number of aliphatic hydroxyl groups is 1. The summed E-state index contributed by atoms with van der Waals surface area (Å²) < 4.78 is 36.2. The molecule has 31 heavy (non-hydrogen) atoms. The van der Waals surface area contributed by atoms with Gasteiger partial charge in [-0.2, -0.15) is 5.10 Å². The summed E-state index contributed by atoms with van der Waals surface area (Å²) in [5.74, 6) is -0.312. The molecule has 0 aliphatic carbocycles. The van der Waals surface area contributed by atoms with Crippen LogP contribution in [0.2, 0.25) is 0 Å². The van der Waals surface area contributed by atoms with Crippen LogP contribution in [0.4, 0.5) is 8.78 Å². The van der Waals surface area contributed by atoms with Gasteiger partial charge >= 0.3 is 0 Å². The summed E-state index contributed by atoms with van der Waals surface area (Å²) in [7, 11) is 1.59. The summed E-state index contributed by atoms with van der Waals surface area (Å²) in [5.41, 5.74) is 3.91. The van der Waals surface area contributed by atoms with Crippen molar-refractivity contribution in [2.24, 2.45) is 0 Å². The topological polar surface area (TPSA) is 77.5 Å². The van der Waals surface area contributed by atoms with E-state index < -0.39 is 11.6 Å². The highest BCUT2D eigenvalue weighted by molar-refractivity contribution is 5.88. The first-order valence-corrected chi connectivity index (χ1v) is 9.49. The number of imidazole rings is 1. The Morgan fingerprint density at radius 1 is 1.10 bits per heavy atom. The third-order valence-corrected chi connectivity index (χ3v) is 5.14. The van der Waals surface area contributed by atoms with Gasteiger partial charge in [0.2, 0.25) is 0 Å². The lowest BCUT2D eigenvalue weighted by atomic mass is 10.1. The summed E-state index contributed by atoms with van der Waals surface area (Å²) in [5, 5.41) is 14.1. The number of nitrogens with zero attached hydrogens (tertiary/aromatic N) is 5. The summed E-state index contributed by atoms with van der Waals surface area (Å²) in [6.07, 6.45) is 5.16. The molecular formula is C22H17F2N5O2. The molecule has 0 bridgehead atoms. The number of aliphatic hydroxyl groups excluding tert-OH is 1. The summed E-state index contributed by atoms with van der Waals surface area (Å²) in [6.45, 7) is -0.204. The minimum absolute atomic E-state index is 0.133. The summed E-state index contributed by atoms with van der Waals surface area (Å²) in [6, 6.07) is 8.89. The van der Waals surface area contributed by atoms with Crippen molar-refractivity contribution in [1.29, 1.82) is 0 Å². The Kier molecular flexibility index (Phi) is 4.59. The molecule has 4 aromatic heterocycles. The Morgan fingerprint density at radius 3 is 2.65 bits per heavy atom. The number of rotatable bonds is 5. The van der Waals surface area contributed by atoms with Gasteiger partial charge in [0.1, 0.15) is 35.3 Å². The van der Waals surface area contributed by atoms with Gasteiger partial charge < -0.3 is 14.4 Å². The molecule has 0 saturated carbocycles. The van der Waals surface area contributed by atoms with E-state index >= 15 is 0 Å². The van der Waals surface area contributed by atoms with Crippen molar-refractivity contribution in [3.8, 4) is 16.9 Å². The molecule has 9 heteroatoms. The van der Waals surface area contributed by atoms with Crippen LogP contribution in [0, 0.1) is 11.6 Å². The van der Waals surface area contributed by atoms with Crippen molar-refractivity contribution >= 4 is 16.7 Å². The molecule has 0 saturated heterocycles. The lowest BCUT2D eigenvalue weighted by Crippen LogP contribution is -2.06. The smallest absolute Gasteiger partial charge is 0.178 e. The van der Waals surface area contributed by atoms with Gasteiger partial charge in [0, 0.05) is 42.2 Å². The predicted octanol–water partition coefficient (Wildman–Crippen LogP) is 3.57. The second kappa shape index (κ2) is 7.44. The zero-order chi connectivity index (χ0) is 21.5. The second-order valence-electron chi connectivity index (χ2n) is 7.04. The number of pyridine rings is 1. The van der Waals surface area contributed by atoms with Crippen molar-refractivity contribution in [2.45, 2.75) is 13.2 Å². The lowest BCUT2D eigenvalue weighted by Gasteiger charge is -2.09. The number of hydrogen-bond donors (Lipinski definition) is 1. The van der Waals surface area contributed by atoms with Crippen LogP contribution >= 0.6 is 0 Å². The lowest BCUT2D eigenvalue weighted by molar-refractivity contribution is 0.267. The zero-order valence-electron chi connectivity index (χ0n) is 16.5. The Balaban J connectivity index is 1.67. The van der Waals surface area contributed by atoms with E-state index in [2.05, 4.69) is 15.1 Å².